The number of hydrogen-bond donors (Lipinski definition) is 4. The van der Waals surface area contributed by atoms with E-state index in [0.717, 1.165) is 36.6 Å². The second kappa shape index (κ2) is 7.29. The van der Waals surface area contributed by atoms with E-state index < -0.39 is 6.04 Å². The molecule has 1 aromatic carbocycles. The SMILES string of the molecule is C[C@@H](Nc1nc2c(cnn2C2CCCC2)c(=O)[nH]1)C(=O)Nc1ccc2[nH]ncc2c1. The smallest absolute Gasteiger partial charge is 0.263 e. The minimum Gasteiger partial charge on any atom is -0.344 e. The molecule has 0 spiro atoms. The molecule has 30 heavy (non-hydrogen) atoms. The molecule has 1 aliphatic carbocycles. The van der Waals surface area contributed by atoms with Gasteiger partial charge in [-0.05, 0) is 38.0 Å². The van der Waals surface area contributed by atoms with Crippen molar-refractivity contribution in [3.63, 3.8) is 0 Å². The quantitative estimate of drug-likeness (QED) is 0.402. The lowest BCUT2D eigenvalue weighted by molar-refractivity contribution is -0.116. The Balaban J connectivity index is 1.35. The monoisotopic (exact) mass is 406 g/mol. The summed E-state index contributed by atoms with van der Waals surface area (Å²) in [6.45, 7) is 1.71. The highest BCUT2D eigenvalue weighted by Crippen LogP contribution is 2.30. The highest BCUT2D eigenvalue weighted by atomic mass is 16.2. The lowest BCUT2D eigenvalue weighted by Gasteiger charge is -2.15. The Bertz CT molecular complexity index is 1280. The molecule has 1 aliphatic rings. The summed E-state index contributed by atoms with van der Waals surface area (Å²) in [6.07, 6.45) is 7.64. The zero-order valence-electron chi connectivity index (χ0n) is 16.5. The number of hydrogen-bond acceptors (Lipinski definition) is 6. The van der Waals surface area contributed by atoms with Crippen LogP contribution in [0.1, 0.15) is 38.6 Å². The van der Waals surface area contributed by atoms with Crippen molar-refractivity contribution in [1.29, 1.82) is 0 Å². The van der Waals surface area contributed by atoms with Crippen molar-refractivity contribution in [2.24, 2.45) is 0 Å². The van der Waals surface area contributed by atoms with Gasteiger partial charge in [-0.1, -0.05) is 12.8 Å². The number of carbonyl (C=O) groups excluding carboxylic acids is 1. The second-order valence-corrected chi connectivity index (χ2v) is 7.71. The van der Waals surface area contributed by atoms with Gasteiger partial charge in [0.25, 0.3) is 5.56 Å². The zero-order valence-corrected chi connectivity index (χ0v) is 16.5. The Hall–Kier alpha value is -3.69. The summed E-state index contributed by atoms with van der Waals surface area (Å²) in [6, 6.07) is 5.15. The number of H-pyrrole nitrogens is 2. The van der Waals surface area contributed by atoms with Crippen molar-refractivity contribution < 1.29 is 4.79 Å². The number of aromatic nitrogens is 6. The average molecular weight is 406 g/mol. The number of carbonyl (C=O) groups is 1. The summed E-state index contributed by atoms with van der Waals surface area (Å²) in [5.74, 6) is 0.00470. The van der Waals surface area contributed by atoms with Crippen molar-refractivity contribution in [3.8, 4) is 0 Å². The number of nitrogens with one attached hydrogen (secondary N) is 4. The van der Waals surface area contributed by atoms with Crippen LogP contribution in [0.15, 0.2) is 35.4 Å². The van der Waals surface area contributed by atoms with E-state index in [1.165, 1.54) is 0 Å². The van der Waals surface area contributed by atoms with Gasteiger partial charge in [0, 0.05) is 11.1 Å². The number of benzene rings is 1. The molecule has 5 rings (SSSR count). The highest BCUT2D eigenvalue weighted by Gasteiger charge is 2.22. The maximum atomic E-state index is 12.6. The molecule has 4 N–H and O–H groups in total. The van der Waals surface area contributed by atoms with E-state index in [1.807, 2.05) is 16.8 Å². The molecule has 154 valence electrons. The molecular formula is C20H22N8O2. The van der Waals surface area contributed by atoms with Crippen LogP contribution < -0.4 is 16.2 Å². The predicted molar refractivity (Wildman–Crippen MR) is 113 cm³/mol. The van der Waals surface area contributed by atoms with Crippen LogP contribution in [-0.4, -0.2) is 41.9 Å². The average Bonchev–Trinajstić information content (AvgIpc) is 3.47. The van der Waals surface area contributed by atoms with Crippen LogP contribution in [0, 0.1) is 0 Å². The van der Waals surface area contributed by atoms with E-state index in [4.69, 9.17) is 0 Å². The summed E-state index contributed by atoms with van der Waals surface area (Å²) in [4.78, 5) is 32.3. The van der Waals surface area contributed by atoms with Crippen LogP contribution in [0.2, 0.25) is 0 Å². The van der Waals surface area contributed by atoms with Gasteiger partial charge < -0.3 is 10.6 Å². The molecule has 0 bridgehead atoms. The van der Waals surface area contributed by atoms with Crippen molar-refractivity contribution in [2.75, 3.05) is 10.6 Å². The normalized spacial score (nSPS) is 15.6. The number of amides is 1. The number of fused-ring (bicyclic) bond motifs is 2. The molecule has 10 nitrogen and oxygen atoms in total. The van der Waals surface area contributed by atoms with Crippen molar-refractivity contribution in [1.82, 2.24) is 29.9 Å². The minimum atomic E-state index is -0.617. The molecule has 0 saturated heterocycles. The molecule has 10 heteroatoms. The van der Waals surface area contributed by atoms with Crippen LogP contribution in [-0.2, 0) is 4.79 Å². The van der Waals surface area contributed by atoms with E-state index in [9.17, 15) is 9.59 Å². The molecule has 0 unspecified atom stereocenters. The van der Waals surface area contributed by atoms with Crippen LogP contribution in [0.25, 0.3) is 21.9 Å². The third kappa shape index (κ3) is 3.30. The molecule has 1 saturated carbocycles. The first-order chi connectivity index (χ1) is 14.6. The lowest BCUT2D eigenvalue weighted by Crippen LogP contribution is -2.33. The van der Waals surface area contributed by atoms with Crippen LogP contribution in [0.3, 0.4) is 0 Å². The van der Waals surface area contributed by atoms with Gasteiger partial charge in [-0.15, -0.1) is 0 Å². The van der Waals surface area contributed by atoms with Gasteiger partial charge in [-0.3, -0.25) is 19.7 Å². The fourth-order valence-corrected chi connectivity index (χ4v) is 3.96. The Labute approximate surface area is 171 Å². The molecule has 4 aromatic rings. The number of rotatable bonds is 5. The topological polar surface area (TPSA) is 133 Å². The molecule has 1 amide bonds. The molecule has 0 aliphatic heterocycles. The Morgan fingerprint density at radius 3 is 2.93 bits per heavy atom. The first-order valence-corrected chi connectivity index (χ1v) is 10.1. The predicted octanol–water partition coefficient (Wildman–Crippen LogP) is 2.55. The Morgan fingerprint density at radius 1 is 1.27 bits per heavy atom. The third-order valence-corrected chi connectivity index (χ3v) is 5.59. The highest BCUT2D eigenvalue weighted by molar-refractivity contribution is 5.97. The molecule has 3 heterocycles. The van der Waals surface area contributed by atoms with E-state index in [1.54, 1.807) is 25.4 Å². The van der Waals surface area contributed by atoms with Gasteiger partial charge in [0.15, 0.2) is 5.65 Å². The van der Waals surface area contributed by atoms with E-state index in [2.05, 4.69) is 35.9 Å². The molecule has 1 atom stereocenters. The largest absolute Gasteiger partial charge is 0.344 e. The minimum absolute atomic E-state index is 0.245. The fraction of sp³-hybridized carbons (Fsp3) is 0.350. The third-order valence-electron chi connectivity index (χ3n) is 5.59. The first-order valence-electron chi connectivity index (χ1n) is 10.1. The molecule has 0 radical (unpaired) electrons. The van der Waals surface area contributed by atoms with Gasteiger partial charge in [-0.2, -0.15) is 15.2 Å². The van der Waals surface area contributed by atoms with Gasteiger partial charge in [0.1, 0.15) is 11.4 Å². The fourth-order valence-electron chi connectivity index (χ4n) is 3.96. The maximum absolute atomic E-state index is 12.6. The second-order valence-electron chi connectivity index (χ2n) is 7.71. The van der Waals surface area contributed by atoms with Crippen LogP contribution in [0.4, 0.5) is 11.6 Å². The number of aromatic amines is 2. The first kappa shape index (κ1) is 18.3. The Kier molecular flexibility index (Phi) is 4.46. The van der Waals surface area contributed by atoms with Gasteiger partial charge >= 0.3 is 0 Å². The summed E-state index contributed by atoms with van der Waals surface area (Å²) >= 11 is 0. The van der Waals surface area contributed by atoms with Crippen LogP contribution >= 0.6 is 0 Å². The maximum Gasteiger partial charge on any atom is 0.263 e. The van der Waals surface area contributed by atoms with Crippen molar-refractivity contribution >= 4 is 39.5 Å². The summed E-state index contributed by atoms with van der Waals surface area (Å²) in [5, 5.41) is 18.5. The molecular weight excluding hydrogens is 384 g/mol. The van der Waals surface area contributed by atoms with E-state index in [0.29, 0.717) is 16.7 Å². The van der Waals surface area contributed by atoms with E-state index >= 15 is 0 Å². The Morgan fingerprint density at radius 2 is 2.10 bits per heavy atom. The summed E-state index contributed by atoms with van der Waals surface area (Å²) < 4.78 is 1.84. The zero-order chi connectivity index (χ0) is 20.7. The van der Waals surface area contributed by atoms with Crippen LogP contribution in [0.5, 0.6) is 0 Å². The van der Waals surface area contributed by atoms with E-state index in [-0.39, 0.29) is 23.5 Å². The van der Waals surface area contributed by atoms with Gasteiger partial charge in [-0.25, -0.2) is 4.68 Å². The van der Waals surface area contributed by atoms with Gasteiger partial charge in [0.05, 0.1) is 24.0 Å². The summed E-state index contributed by atoms with van der Waals surface area (Å²) in [7, 11) is 0. The van der Waals surface area contributed by atoms with Crippen molar-refractivity contribution in [3.05, 3.63) is 40.9 Å². The number of nitrogens with zero attached hydrogens (tertiary/aromatic N) is 4. The van der Waals surface area contributed by atoms with Gasteiger partial charge in [0.2, 0.25) is 11.9 Å². The standard InChI is InChI=1S/C20H22N8O2/c1-11(18(29)24-13-6-7-16-12(8-13)9-21-27-16)23-20-25-17-15(19(30)26-20)10-22-28(17)14-4-2-3-5-14/h6-11,14H,2-5H2,1H3,(H,21,27)(H,24,29)(H2,23,25,26,30)/t11-/m1/s1. The molecule has 3 aromatic heterocycles. The molecule has 1 fully saturated rings. The number of anilines is 2. The lowest BCUT2D eigenvalue weighted by atomic mass is 10.2. The summed E-state index contributed by atoms with van der Waals surface area (Å²) in [5.41, 5.74) is 1.84. The van der Waals surface area contributed by atoms with Crippen molar-refractivity contribution in [2.45, 2.75) is 44.7 Å².